The van der Waals surface area contributed by atoms with Gasteiger partial charge in [0.2, 0.25) is 0 Å². The molecule has 11 nitrogen and oxygen atoms in total. The fourth-order valence-corrected chi connectivity index (χ4v) is 4.41. The highest BCUT2D eigenvalue weighted by Gasteiger charge is 2.37. The molecule has 1 aliphatic heterocycles. The van der Waals surface area contributed by atoms with E-state index in [0.717, 1.165) is 24.0 Å². The number of nitrogens with one attached hydrogen (secondary N) is 2. The van der Waals surface area contributed by atoms with Crippen molar-refractivity contribution in [2.24, 2.45) is 0 Å². The Kier molecular flexibility index (Phi) is 8.68. The van der Waals surface area contributed by atoms with Gasteiger partial charge in [0.1, 0.15) is 29.2 Å². The van der Waals surface area contributed by atoms with Crippen LogP contribution in [0.1, 0.15) is 61.6 Å². The van der Waals surface area contributed by atoms with Crippen LogP contribution in [0, 0.1) is 0 Å². The number of fused-ring (bicyclic) bond motifs is 1. The van der Waals surface area contributed by atoms with E-state index >= 15 is 0 Å². The van der Waals surface area contributed by atoms with Gasteiger partial charge in [0.25, 0.3) is 5.91 Å². The smallest absolute Gasteiger partial charge is 0.410 e. The summed E-state index contributed by atoms with van der Waals surface area (Å²) in [7, 11) is 1.54. The summed E-state index contributed by atoms with van der Waals surface area (Å²) in [5.41, 5.74) is 1.37. The molecule has 2 amide bonds. The largest absolute Gasteiger partial charge is 0.468 e. The Morgan fingerprint density at radius 2 is 1.97 bits per heavy atom. The minimum atomic E-state index is -1.04. The van der Waals surface area contributed by atoms with Gasteiger partial charge in [-0.05, 0) is 69.7 Å². The monoisotopic (exact) mass is 527 g/mol. The van der Waals surface area contributed by atoms with Crippen molar-refractivity contribution in [1.82, 2.24) is 20.2 Å². The number of nitrogens with zero attached hydrogens (tertiary/aromatic N) is 3. The Morgan fingerprint density at radius 3 is 2.66 bits per heavy atom. The number of aromatic nitrogens is 2. The zero-order valence-electron chi connectivity index (χ0n) is 22.4. The Hall–Kier alpha value is -3.44. The predicted molar refractivity (Wildman–Crippen MR) is 140 cm³/mol. The average molecular weight is 528 g/mol. The normalized spacial score (nSPS) is 18.1. The standard InChI is InChI=1S/C27H37N5O6/c1-27(2,3)38-26(35)32-14-18-10-20(37-16-36-4)9-8-17(18)11-22(32)23(33)13-28-25(34)21-12-24(30-15-29-21)31-19-6-5-7-19/h8-10,12,15,19,22-23,33H,5-7,11,13-14,16H2,1-4H3,(H,28,34)(H,29,30,31)/t22?,23-/m1/s1. The van der Waals surface area contributed by atoms with Crippen LogP contribution in [0.3, 0.4) is 0 Å². The molecule has 1 saturated carbocycles. The quantitative estimate of drug-likeness (QED) is 0.421. The molecule has 2 aliphatic rings. The number of hydrogen-bond acceptors (Lipinski definition) is 9. The summed E-state index contributed by atoms with van der Waals surface area (Å²) < 4.78 is 16.2. The summed E-state index contributed by atoms with van der Waals surface area (Å²) >= 11 is 0. The first-order valence-corrected chi connectivity index (χ1v) is 12.9. The highest BCUT2D eigenvalue weighted by molar-refractivity contribution is 5.92. The summed E-state index contributed by atoms with van der Waals surface area (Å²) in [5, 5.41) is 17.2. The summed E-state index contributed by atoms with van der Waals surface area (Å²) in [4.78, 5) is 35.7. The van der Waals surface area contributed by atoms with E-state index < -0.39 is 29.7 Å². The van der Waals surface area contributed by atoms with Crippen molar-refractivity contribution in [2.45, 2.75) is 76.8 Å². The molecule has 2 aromatic rings. The number of ether oxygens (including phenoxy) is 3. The van der Waals surface area contributed by atoms with Crippen LogP contribution in [0.2, 0.25) is 0 Å². The van der Waals surface area contributed by atoms with Gasteiger partial charge in [-0.3, -0.25) is 9.69 Å². The molecule has 2 heterocycles. The highest BCUT2D eigenvalue weighted by Crippen LogP contribution is 2.30. The van der Waals surface area contributed by atoms with Crippen LogP contribution in [0.5, 0.6) is 5.75 Å². The molecule has 0 spiro atoms. The lowest BCUT2D eigenvalue weighted by Gasteiger charge is -2.40. The van der Waals surface area contributed by atoms with Crippen molar-refractivity contribution in [1.29, 1.82) is 0 Å². The molecule has 0 saturated heterocycles. The molecule has 38 heavy (non-hydrogen) atoms. The van der Waals surface area contributed by atoms with Crippen molar-refractivity contribution in [3.8, 4) is 5.75 Å². The van der Waals surface area contributed by atoms with Crippen molar-refractivity contribution < 1.29 is 28.9 Å². The second kappa shape index (κ2) is 12.0. The van der Waals surface area contributed by atoms with Gasteiger partial charge in [-0.2, -0.15) is 0 Å². The Balaban J connectivity index is 1.45. The topological polar surface area (TPSA) is 135 Å². The number of carbonyl (C=O) groups excluding carboxylic acids is 2. The molecule has 11 heteroatoms. The molecule has 2 atom stereocenters. The van der Waals surface area contributed by atoms with E-state index in [0.29, 0.717) is 24.0 Å². The van der Waals surface area contributed by atoms with E-state index in [1.54, 1.807) is 33.9 Å². The van der Waals surface area contributed by atoms with Gasteiger partial charge in [-0.1, -0.05) is 6.07 Å². The van der Waals surface area contributed by atoms with Gasteiger partial charge in [-0.15, -0.1) is 0 Å². The van der Waals surface area contributed by atoms with Gasteiger partial charge < -0.3 is 30.0 Å². The number of aliphatic hydroxyl groups excluding tert-OH is 1. The van der Waals surface area contributed by atoms with Crippen LogP contribution in [0.25, 0.3) is 0 Å². The lowest BCUT2D eigenvalue weighted by Crippen LogP contribution is -2.54. The van der Waals surface area contributed by atoms with Gasteiger partial charge in [0.05, 0.1) is 12.1 Å². The molecule has 1 unspecified atom stereocenters. The average Bonchev–Trinajstić information content (AvgIpc) is 2.86. The third kappa shape index (κ3) is 7.11. The molecule has 206 valence electrons. The Morgan fingerprint density at radius 1 is 1.18 bits per heavy atom. The summed E-state index contributed by atoms with van der Waals surface area (Å²) in [5.74, 6) is 0.796. The first-order valence-electron chi connectivity index (χ1n) is 12.9. The Bertz CT molecular complexity index is 1130. The summed E-state index contributed by atoms with van der Waals surface area (Å²) in [6.07, 6.45) is 3.50. The molecule has 1 aliphatic carbocycles. The Labute approximate surface area is 222 Å². The van der Waals surface area contributed by atoms with Crippen LogP contribution in [0.4, 0.5) is 10.6 Å². The van der Waals surface area contributed by atoms with Crippen LogP contribution >= 0.6 is 0 Å². The van der Waals surface area contributed by atoms with Crippen molar-refractivity contribution >= 4 is 17.8 Å². The molecule has 1 fully saturated rings. The SMILES string of the molecule is COCOc1ccc2c(c1)CN(C(=O)OC(C)(C)C)C([C@H](O)CNC(=O)c1cc(NC3CCC3)ncn1)C2. The van der Waals surface area contributed by atoms with E-state index in [1.165, 1.54) is 17.6 Å². The second-order valence-electron chi connectivity index (χ2n) is 10.7. The molecular weight excluding hydrogens is 490 g/mol. The number of anilines is 1. The molecule has 0 radical (unpaired) electrons. The number of methoxy groups -OCH3 is 1. The van der Waals surface area contributed by atoms with E-state index in [4.69, 9.17) is 14.2 Å². The van der Waals surface area contributed by atoms with E-state index in [1.807, 2.05) is 18.2 Å². The minimum Gasteiger partial charge on any atom is -0.468 e. The maximum absolute atomic E-state index is 13.1. The molecule has 4 rings (SSSR count). The lowest BCUT2D eigenvalue weighted by atomic mass is 9.91. The van der Waals surface area contributed by atoms with Gasteiger partial charge in [0.15, 0.2) is 6.79 Å². The maximum atomic E-state index is 13.1. The van der Waals surface area contributed by atoms with Crippen molar-refractivity contribution in [3.05, 3.63) is 47.4 Å². The molecule has 0 bridgehead atoms. The number of aliphatic hydroxyl groups is 1. The first kappa shape index (κ1) is 27.6. The first-order chi connectivity index (χ1) is 18.1. The predicted octanol–water partition coefficient (Wildman–Crippen LogP) is 2.88. The molecule has 1 aromatic heterocycles. The number of hydrogen-bond donors (Lipinski definition) is 3. The third-order valence-corrected chi connectivity index (χ3v) is 6.59. The van der Waals surface area contributed by atoms with E-state index in [9.17, 15) is 14.7 Å². The number of amides is 2. The molecule has 3 N–H and O–H groups in total. The van der Waals surface area contributed by atoms with Gasteiger partial charge in [0, 0.05) is 32.3 Å². The fraction of sp³-hybridized carbons (Fsp3) is 0.556. The second-order valence-corrected chi connectivity index (χ2v) is 10.7. The fourth-order valence-electron chi connectivity index (χ4n) is 4.41. The third-order valence-electron chi connectivity index (χ3n) is 6.59. The van der Waals surface area contributed by atoms with Crippen LogP contribution < -0.4 is 15.4 Å². The highest BCUT2D eigenvalue weighted by atomic mass is 16.7. The number of carbonyl (C=O) groups is 2. The van der Waals surface area contributed by atoms with Crippen LogP contribution in [0.15, 0.2) is 30.6 Å². The number of benzene rings is 1. The lowest BCUT2D eigenvalue weighted by molar-refractivity contribution is -0.0114. The minimum absolute atomic E-state index is 0.0669. The zero-order chi connectivity index (χ0) is 27.3. The summed E-state index contributed by atoms with van der Waals surface area (Å²) in [6, 6.07) is 6.98. The van der Waals surface area contributed by atoms with Crippen LogP contribution in [-0.2, 0) is 22.4 Å². The maximum Gasteiger partial charge on any atom is 0.410 e. The van der Waals surface area contributed by atoms with Crippen molar-refractivity contribution in [2.75, 3.05) is 25.8 Å². The van der Waals surface area contributed by atoms with Crippen molar-refractivity contribution in [3.63, 3.8) is 0 Å². The molecule has 1 aromatic carbocycles. The molecular formula is C27H37N5O6. The van der Waals surface area contributed by atoms with Gasteiger partial charge >= 0.3 is 6.09 Å². The zero-order valence-corrected chi connectivity index (χ0v) is 22.4. The van der Waals surface area contributed by atoms with Gasteiger partial charge in [-0.25, -0.2) is 14.8 Å². The summed E-state index contributed by atoms with van der Waals surface area (Å²) in [6.45, 7) is 5.65. The van der Waals surface area contributed by atoms with Crippen LogP contribution in [-0.4, -0.2) is 76.2 Å². The number of rotatable bonds is 9. The van der Waals surface area contributed by atoms with E-state index in [2.05, 4.69) is 20.6 Å². The van der Waals surface area contributed by atoms with E-state index in [-0.39, 0.29) is 25.6 Å².